The molecule has 2 rings (SSSR count). The van der Waals surface area contributed by atoms with Crippen LogP contribution in [0.5, 0.6) is 0 Å². The molecule has 108 valence electrons. The highest BCUT2D eigenvalue weighted by atomic mass is 35.5. The Hall–Kier alpha value is -0.940. The Bertz CT molecular complexity index is 551. The monoisotopic (exact) mass is 312 g/mol. The molecule has 1 heterocycles. The van der Waals surface area contributed by atoms with E-state index < -0.39 is 0 Å². The third-order valence-electron chi connectivity index (χ3n) is 3.26. The molecule has 1 aromatic carbocycles. The second kappa shape index (κ2) is 7.18. The van der Waals surface area contributed by atoms with Gasteiger partial charge in [0.1, 0.15) is 5.82 Å². The van der Waals surface area contributed by atoms with Crippen LogP contribution in [0, 0.1) is 5.82 Å². The molecule has 2 aromatic rings. The summed E-state index contributed by atoms with van der Waals surface area (Å²) in [5.74, 6) is 5.32. The number of nitrogens with two attached hydrogens (primary N) is 1. The normalized spacial score (nSPS) is 12.6. The zero-order chi connectivity index (χ0) is 14.5. The van der Waals surface area contributed by atoms with E-state index >= 15 is 0 Å². The van der Waals surface area contributed by atoms with Crippen molar-refractivity contribution < 1.29 is 4.39 Å². The maximum atomic E-state index is 13.8. The lowest BCUT2D eigenvalue weighted by Gasteiger charge is -2.16. The Balaban J connectivity index is 2.09. The van der Waals surface area contributed by atoms with Crippen molar-refractivity contribution in [3.05, 3.63) is 56.5 Å². The average molecular weight is 313 g/mol. The standard InChI is InChI=1S/C15H18ClFN2S/c1-2-11-6-7-12(20-11)8-10(19-18)9-13-14(16)4-3-5-15(13)17/h3-7,10,19H,2,8-9,18H2,1H3. The molecule has 20 heavy (non-hydrogen) atoms. The number of hydrazine groups is 1. The molecule has 1 aromatic heterocycles. The van der Waals surface area contributed by atoms with Gasteiger partial charge in [-0.2, -0.15) is 0 Å². The molecule has 0 fully saturated rings. The van der Waals surface area contributed by atoms with Crippen molar-refractivity contribution >= 4 is 22.9 Å². The van der Waals surface area contributed by atoms with Crippen LogP contribution in [0.4, 0.5) is 4.39 Å². The molecule has 0 aliphatic heterocycles. The zero-order valence-corrected chi connectivity index (χ0v) is 12.9. The molecular weight excluding hydrogens is 295 g/mol. The second-order valence-electron chi connectivity index (χ2n) is 4.69. The van der Waals surface area contributed by atoms with Crippen molar-refractivity contribution in [3.63, 3.8) is 0 Å². The van der Waals surface area contributed by atoms with Gasteiger partial charge in [-0.25, -0.2) is 4.39 Å². The summed E-state index contributed by atoms with van der Waals surface area (Å²) in [4.78, 5) is 2.59. The van der Waals surface area contributed by atoms with Gasteiger partial charge < -0.3 is 0 Å². The van der Waals surface area contributed by atoms with E-state index in [2.05, 4.69) is 24.5 Å². The summed E-state index contributed by atoms with van der Waals surface area (Å²) in [6, 6.07) is 8.94. The molecule has 0 aliphatic carbocycles. The van der Waals surface area contributed by atoms with Gasteiger partial charge in [0.15, 0.2) is 0 Å². The Morgan fingerprint density at radius 3 is 2.60 bits per heavy atom. The van der Waals surface area contributed by atoms with E-state index in [4.69, 9.17) is 17.4 Å². The van der Waals surface area contributed by atoms with E-state index in [0.29, 0.717) is 17.0 Å². The van der Waals surface area contributed by atoms with Gasteiger partial charge in [0.05, 0.1) is 0 Å². The minimum atomic E-state index is -0.279. The van der Waals surface area contributed by atoms with Gasteiger partial charge in [0.25, 0.3) is 0 Å². The van der Waals surface area contributed by atoms with Crippen molar-refractivity contribution in [1.82, 2.24) is 5.43 Å². The first-order valence-electron chi connectivity index (χ1n) is 6.60. The fourth-order valence-electron chi connectivity index (χ4n) is 2.13. The predicted molar refractivity (Wildman–Crippen MR) is 83.6 cm³/mol. The first-order chi connectivity index (χ1) is 9.63. The van der Waals surface area contributed by atoms with E-state index in [-0.39, 0.29) is 11.9 Å². The highest BCUT2D eigenvalue weighted by molar-refractivity contribution is 7.11. The number of halogens is 2. The third-order valence-corrected chi connectivity index (χ3v) is 4.87. The van der Waals surface area contributed by atoms with Crippen LogP contribution < -0.4 is 11.3 Å². The van der Waals surface area contributed by atoms with Crippen LogP contribution in [0.25, 0.3) is 0 Å². The number of benzene rings is 1. The molecule has 0 aliphatic rings. The Morgan fingerprint density at radius 2 is 2.00 bits per heavy atom. The molecule has 0 spiro atoms. The highest BCUT2D eigenvalue weighted by Gasteiger charge is 2.15. The first kappa shape index (κ1) is 15.4. The van der Waals surface area contributed by atoms with Gasteiger partial charge in [-0.3, -0.25) is 11.3 Å². The smallest absolute Gasteiger partial charge is 0.127 e. The van der Waals surface area contributed by atoms with Crippen molar-refractivity contribution in [2.24, 2.45) is 5.84 Å². The number of hydrogen-bond donors (Lipinski definition) is 2. The van der Waals surface area contributed by atoms with Gasteiger partial charge in [-0.1, -0.05) is 24.6 Å². The van der Waals surface area contributed by atoms with Crippen molar-refractivity contribution in [1.29, 1.82) is 0 Å². The van der Waals surface area contributed by atoms with E-state index in [1.807, 2.05) is 0 Å². The van der Waals surface area contributed by atoms with Crippen LogP contribution in [0.15, 0.2) is 30.3 Å². The molecular formula is C15H18ClFN2S. The summed E-state index contributed by atoms with van der Waals surface area (Å²) in [6.45, 7) is 2.13. The van der Waals surface area contributed by atoms with Gasteiger partial charge in [0, 0.05) is 26.4 Å². The Morgan fingerprint density at radius 1 is 1.25 bits per heavy atom. The van der Waals surface area contributed by atoms with Gasteiger partial charge in [-0.15, -0.1) is 11.3 Å². The number of nitrogens with one attached hydrogen (secondary N) is 1. The van der Waals surface area contributed by atoms with Crippen molar-refractivity contribution in [2.75, 3.05) is 0 Å². The number of rotatable bonds is 6. The topological polar surface area (TPSA) is 38.0 Å². The lowest BCUT2D eigenvalue weighted by atomic mass is 10.0. The lowest BCUT2D eigenvalue weighted by molar-refractivity contribution is 0.509. The molecule has 0 radical (unpaired) electrons. The van der Waals surface area contributed by atoms with Gasteiger partial charge >= 0.3 is 0 Å². The summed E-state index contributed by atoms with van der Waals surface area (Å²) < 4.78 is 13.8. The van der Waals surface area contributed by atoms with Crippen LogP contribution in [-0.2, 0) is 19.3 Å². The first-order valence-corrected chi connectivity index (χ1v) is 7.80. The van der Waals surface area contributed by atoms with Gasteiger partial charge in [-0.05, 0) is 43.5 Å². The molecule has 0 saturated carbocycles. The second-order valence-corrected chi connectivity index (χ2v) is 6.35. The van der Waals surface area contributed by atoms with E-state index in [0.717, 1.165) is 12.8 Å². The summed E-state index contributed by atoms with van der Waals surface area (Å²) in [5, 5.41) is 0.450. The van der Waals surface area contributed by atoms with Gasteiger partial charge in [0.2, 0.25) is 0 Å². The van der Waals surface area contributed by atoms with E-state index in [1.165, 1.54) is 15.8 Å². The fraction of sp³-hybridized carbons (Fsp3) is 0.333. The summed E-state index contributed by atoms with van der Waals surface area (Å²) >= 11 is 7.83. The molecule has 0 bridgehead atoms. The van der Waals surface area contributed by atoms with Crippen LogP contribution in [0.1, 0.15) is 22.2 Å². The highest BCUT2D eigenvalue weighted by Crippen LogP contribution is 2.23. The summed E-state index contributed by atoms with van der Waals surface area (Å²) in [6.07, 6.45) is 2.28. The molecule has 0 saturated heterocycles. The van der Waals surface area contributed by atoms with Crippen LogP contribution in [0.3, 0.4) is 0 Å². The Labute approximate surface area is 127 Å². The molecule has 0 amide bonds. The van der Waals surface area contributed by atoms with Crippen LogP contribution in [0.2, 0.25) is 5.02 Å². The molecule has 1 atom stereocenters. The van der Waals surface area contributed by atoms with Crippen molar-refractivity contribution in [3.8, 4) is 0 Å². The zero-order valence-electron chi connectivity index (χ0n) is 11.3. The molecule has 3 N–H and O–H groups in total. The average Bonchev–Trinajstić information content (AvgIpc) is 2.89. The summed E-state index contributed by atoms with van der Waals surface area (Å²) in [5.41, 5.74) is 3.28. The van der Waals surface area contributed by atoms with Crippen LogP contribution in [-0.4, -0.2) is 6.04 Å². The Kier molecular flexibility index (Phi) is 5.54. The minimum Gasteiger partial charge on any atom is -0.271 e. The van der Waals surface area contributed by atoms with Crippen LogP contribution >= 0.6 is 22.9 Å². The maximum Gasteiger partial charge on any atom is 0.127 e. The SMILES string of the molecule is CCc1ccc(CC(Cc2c(F)cccc2Cl)NN)s1. The molecule has 1 unspecified atom stereocenters. The maximum absolute atomic E-state index is 13.8. The fourth-order valence-corrected chi connectivity index (χ4v) is 3.41. The number of thiophene rings is 1. The summed E-state index contributed by atoms with van der Waals surface area (Å²) in [7, 11) is 0. The predicted octanol–water partition coefficient (Wildman–Crippen LogP) is 3.72. The number of aryl methyl sites for hydroxylation is 1. The van der Waals surface area contributed by atoms with E-state index in [9.17, 15) is 4.39 Å². The van der Waals surface area contributed by atoms with Crippen molar-refractivity contribution in [2.45, 2.75) is 32.2 Å². The quantitative estimate of drug-likeness (QED) is 0.630. The molecule has 2 nitrogen and oxygen atoms in total. The van der Waals surface area contributed by atoms with E-state index in [1.54, 1.807) is 23.5 Å². The lowest BCUT2D eigenvalue weighted by Crippen LogP contribution is -2.38. The third kappa shape index (κ3) is 3.79. The largest absolute Gasteiger partial charge is 0.271 e. The minimum absolute atomic E-state index is 0.0345. The number of hydrogen-bond acceptors (Lipinski definition) is 3. The molecule has 5 heteroatoms.